The normalized spacial score (nSPS) is 21.1. The highest BCUT2D eigenvalue weighted by atomic mass is 32.2. The Labute approximate surface area is 194 Å². The number of likely N-dealkylation sites (N-methyl/N-ethyl adjacent to an activating group) is 1. The number of aryl methyl sites for hydroxylation is 2. The van der Waals surface area contributed by atoms with Crippen LogP contribution in [0.15, 0.2) is 30.3 Å². The minimum atomic E-state index is -3.09. The Kier molecular flexibility index (Phi) is 5.49. The molecule has 1 unspecified atom stereocenters. The molecular formula is C24H29N5O3S. The fraction of sp³-hybridized carbons (Fsp3) is 0.458. The van der Waals surface area contributed by atoms with Gasteiger partial charge in [0.25, 0.3) is 5.91 Å². The molecule has 1 aromatic carbocycles. The van der Waals surface area contributed by atoms with Crippen LogP contribution >= 0.6 is 0 Å². The Hall–Kier alpha value is -2.78. The van der Waals surface area contributed by atoms with Crippen LogP contribution in [0.5, 0.6) is 0 Å². The van der Waals surface area contributed by atoms with Crippen molar-refractivity contribution in [2.24, 2.45) is 0 Å². The molecule has 0 saturated carbocycles. The predicted octanol–water partition coefficient (Wildman–Crippen LogP) is 2.46. The standard InChI is InChI=1S/C24H29N5O3S/c1-16-4-6-18(7-5-16)21-14-20(24(30)28-11-9-27(3)10-12-28)22-17(2)26-29(23(22)25-21)19-8-13-33(31,32)15-19/h4-7,14,19H,8-13,15H2,1-3H3. The van der Waals surface area contributed by atoms with Gasteiger partial charge in [-0.3, -0.25) is 4.79 Å². The SMILES string of the molecule is Cc1ccc(-c2cc(C(=O)N3CCN(C)CC3)c3c(C)nn(C4CCS(=O)(=O)C4)c3n2)cc1. The highest BCUT2D eigenvalue weighted by molar-refractivity contribution is 7.91. The van der Waals surface area contributed by atoms with Crippen molar-refractivity contribution in [2.75, 3.05) is 44.7 Å². The van der Waals surface area contributed by atoms with Crippen LogP contribution in [0, 0.1) is 13.8 Å². The van der Waals surface area contributed by atoms with E-state index < -0.39 is 9.84 Å². The number of carbonyl (C=O) groups is 1. The average Bonchev–Trinajstić information content (AvgIpc) is 3.32. The molecule has 0 bridgehead atoms. The number of benzene rings is 1. The van der Waals surface area contributed by atoms with Gasteiger partial charge in [0, 0.05) is 31.7 Å². The van der Waals surface area contributed by atoms with E-state index >= 15 is 0 Å². The third-order valence-electron chi connectivity index (χ3n) is 6.76. The average molecular weight is 468 g/mol. The molecule has 9 heteroatoms. The molecule has 3 aromatic rings. The van der Waals surface area contributed by atoms with Gasteiger partial charge >= 0.3 is 0 Å². The van der Waals surface area contributed by atoms with Crippen LogP contribution < -0.4 is 0 Å². The van der Waals surface area contributed by atoms with E-state index in [1.54, 1.807) is 4.68 Å². The van der Waals surface area contributed by atoms with Gasteiger partial charge in [0.05, 0.1) is 39.9 Å². The number of amides is 1. The van der Waals surface area contributed by atoms with Crippen LogP contribution in [0.2, 0.25) is 0 Å². The van der Waals surface area contributed by atoms with Gasteiger partial charge in [-0.2, -0.15) is 5.10 Å². The van der Waals surface area contributed by atoms with Crippen LogP contribution in [0.1, 0.15) is 34.1 Å². The van der Waals surface area contributed by atoms with E-state index in [0.29, 0.717) is 42.1 Å². The quantitative estimate of drug-likeness (QED) is 0.588. The topological polar surface area (TPSA) is 88.4 Å². The van der Waals surface area contributed by atoms with Gasteiger partial charge in [0.15, 0.2) is 15.5 Å². The van der Waals surface area contributed by atoms with Crippen LogP contribution in [0.25, 0.3) is 22.3 Å². The summed E-state index contributed by atoms with van der Waals surface area (Å²) in [4.78, 5) is 22.7. The molecule has 2 aliphatic heterocycles. The molecule has 4 heterocycles. The van der Waals surface area contributed by atoms with Crippen molar-refractivity contribution in [3.8, 4) is 11.3 Å². The molecule has 2 saturated heterocycles. The molecule has 174 valence electrons. The van der Waals surface area contributed by atoms with Crippen molar-refractivity contribution in [3.05, 3.63) is 47.2 Å². The highest BCUT2D eigenvalue weighted by Crippen LogP contribution is 2.32. The van der Waals surface area contributed by atoms with Gasteiger partial charge in [-0.25, -0.2) is 18.1 Å². The van der Waals surface area contributed by atoms with Gasteiger partial charge in [-0.05, 0) is 33.4 Å². The lowest BCUT2D eigenvalue weighted by atomic mass is 10.0. The second-order valence-electron chi connectivity index (χ2n) is 9.30. The molecule has 1 amide bonds. The van der Waals surface area contributed by atoms with Gasteiger partial charge in [0.1, 0.15) is 0 Å². The molecule has 1 atom stereocenters. The highest BCUT2D eigenvalue weighted by Gasteiger charge is 2.33. The second-order valence-corrected chi connectivity index (χ2v) is 11.5. The van der Waals surface area contributed by atoms with E-state index in [0.717, 1.165) is 29.6 Å². The molecular weight excluding hydrogens is 438 g/mol. The molecule has 2 fully saturated rings. The zero-order valence-electron chi connectivity index (χ0n) is 19.3. The molecule has 2 aliphatic rings. The van der Waals surface area contributed by atoms with Crippen molar-refractivity contribution in [1.82, 2.24) is 24.6 Å². The first-order chi connectivity index (χ1) is 15.7. The number of fused-ring (bicyclic) bond motifs is 1. The van der Waals surface area contributed by atoms with Gasteiger partial charge in [-0.1, -0.05) is 29.8 Å². The lowest BCUT2D eigenvalue weighted by Gasteiger charge is -2.32. The van der Waals surface area contributed by atoms with E-state index in [-0.39, 0.29) is 23.5 Å². The van der Waals surface area contributed by atoms with Crippen molar-refractivity contribution in [3.63, 3.8) is 0 Å². The number of hydrogen-bond donors (Lipinski definition) is 0. The summed E-state index contributed by atoms with van der Waals surface area (Å²) in [5.41, 5.74) is 4.64. The number of nitrogens with zero attached hydrogens (tertiary/aromatic N) is 5. The molecule has 8 nitrogen and oxygen atoms in total. The molecule has 5 rings (SSSR count). The summed E-state index contributed by atoms with van der Waals surface area (Å²) in [7, 11) is -1.03. The lowest BCUT2D eigenvalue weighted by Crippen LogP contribution is -2.47. The number of piperazine rings is 1. The van der Waals surface area contributed by atoms with E-state index in [4.69, 9.17) is 10.1 Å². The van der Waals surface area contributed by atoms with E-state index in [1.165, 1.54) is 0 Å². The summed E-state index contributed by atoms with van der Waals surface area (Å²) in [5, 5.41) is 5.42. The minimum absolute atomic E-state index is 0.0226. The second kappa shape index (κ2) is 8.22. The van der Waals surface area contributed by atoms with Crippen LogP contribution in [-0.4, -0.2) is 83.6 Å². The monoisotopic (exact) mass is 467 g/mol. The van der Waals surface area contributed by atoms with E-state index in [1.807, 2.05) is 49.1 Å². The number of aromatic nitrogens is 3. The Morgan fingerprint density at radius 1 is 1.06 bits per heavy atom. The Morgan fingerprint density at radius 2 is 1.76 bits per heavy atom. The third kappa shape index (κ3) is 4.15. The molecule has 2 aromatic heterocycles. The summed E-state index contributed by atoms with van der Waals surface area (Å²) >= 11 is 0. The zero-order chi connectivity index (χ0) is 23.3. The fourth-order valence-corrected chi connectivity index (χ4v) is 6.45. The summed E-state index contributed by atoms with van der Waals surface area (Å²) < 4.78 is 26.1. The number of carbonyl (C=O) groups excluding carboxylic acids is 1. The number of rotatable bonds is 3. The Morgan fingerprint density at radius 3 is 2.39 bits per heavy atom. The third-order valence-corrected chi connectivity index (χ3v) is 8.51. The van der Waals surface area contributed by atoms with Gasteiger partial charge in [-0.15, -0.1) is 0 Å². The van der Waals surface area contributed by atoms with Gasteiger partial charge < -0.3 is 9.80 Å². The van der Waals surface area contributed by atoms with Crippen molar-refractivity contribution in [2.45, 2.75) is 26.3 Å². The van der Waals surface area contributed by atoms with Crippen molar-refractivity contribution < 1.29 is 13.2 Å². The number of sulfone groups is 1. The first kappa shape index (κ1) is 22.0. The molecule has 0 N–H and O–H groups in total. The van der Waals surface area contributed by atoms with Crippen molar-refractivity contribution >= 4 is 26.8 Å². The summed E-state index contributed by atoms with van der Waals surface area (Å²) in [6.45, 7) is 6.92. The van der Waals surface area contributed by atoms with Crippen LogP contribution in [-0.2, 0) is 9.84 Å². The molecule has 0 aliphatic carbocycles. The van der Waals surface area contributed by atoms with Crippen LogP contribution in [0.3, 0.4) is 0 Å². The van der Waals surface area contributed by atoms with Crippen molar-refractivity contribution in [1.29, 1.82) is 0 Å². The minimum Gasteiger partial charge on any atom is -0.336 e. The van der Waals surface area contributed by atoms with Crippen LogP contribution in [0.4, 0.5) is 0 Å². The zero-order valence-corrected chi connectivity index (χ0v) is 20.1. The first-order valence-corrected chi connectivity index (χ1v) is 13.2. The number of pyridine rings is 1. The molecule has 0 radical (unpaired) electrons. The fourth-order valence-electron chi connectivity index (χ4n) is 4.76. The van der Waals surface area contributed by atoms with E-state index in [2.05, 4.69) is 11.9 Å². The predicted molar refractivity (Wildman–Crippen MR) is 128 cm³/mol. The molecule has 33 heavy (non-hydrogen) atoms. The maximum absolute atomic E-state index is 13.7. The first-order valence-electron chi connectivity index (χ1n) is 11.4. The Bertz CT molecular complexity index is 1320. The largest absolute Gasteiger partial charge is 0.336 e. The maximum atomic E-state index is 13.7. The van der Waals surface area contributed by atoms with E-state index in [9.17, 15) is 13.2 Å². The number of hydrogen-bond acceptors (Lipinski definition) is 6. The summed E-state index contributed by atoms with van der Waals surface area (Å²) in [5.74, 6) is 0.190. The molecule has 0 spiro atoms. The smallest absolute Gasteiger partial charge is 0.254 e. The Balaban J connectivity index is 1.67. The van der Waals surface area contributed by atoms with Gasteiger partial charge in [0.2, 0.25) is 0 Å². The maximum Gasteiger partial charge on any atom is 0.254 e. The summed E-state index contributed by atoms with van der Waals surface area (Å²) in [6.07, 6.45) is 0.511. The summed E-state index contributed by atoms with van der Waals surface area (Å²) in [6, 6.07) is 9.66. The lowest BCUT2D eigenvalue weighted by molar-refractivity contribution is 0.0666.